The van der Waals surface area contributed by atoms with Crippen molar-refractivity contribution in [3.63, 3.8) is 0 Å². The fourth-order valence-electron chi connectivity index (χ4n) is 2.88. The van der Waals surface area contributed by atoms with Crippen LogP contribution >= 0.6 is 0 Å². The second kappa shape index (κ2) is 7.64. The summed E-state index contributed by atoms with van der Waals surface area (Å²) in [6.45, 7) is 12.0. The van der Waals surface area contributed by atoms with Crippen molar-refractivity contribution in [2.24, 2.45) is 0 Å². The Labute approximate surface area is 155 Å². The van der Waals surface area contributed by atoms with Gasteiger partial charge in [0.2, 0.25) is 5.91 Å². The molecule has 26 heavy (non-hydrogen) atoms. The zero-order valence-corrected chi connectivity index (χ0v) is 17.5. The molecule has 2 rings (SSSR count). The van der Waals surface area contributed by atoms with Gasteiger partial charge in [-0.2, -0.15) is 0 Å². The number of hydrogen-bond donors (Lipinski definition) is 0. The molecule has 1 aromatic rings. The summed E-state index contributed by atoms with van der Waals surface area (Å²) in [6.07, 6.45) is 0.111. The summed E-state index contributed by atoms with van der Waals surface area (Å²) in [7, 11) is -0.522. The number of ether oxygens (including phenoxy) is 1. The topological polar surface area (TPSA) is 38.8 Å². The first-order valence-corrected chi connectivity index (χ1v) is 11.8. The first-order chi connectivity index (χ1) is 12.0. The number of hydrogen-bond acceptors (Lipinski definition) is 3. The van der Waals surface area contributed by atoms with Gasteiger partial charge in [-0.1, -0.05) is 20.8 Å². The van der Waals surface area contributed by atoms with Gasteiger partial charge in [0.1, 0.15) is 17.4 Å². The van der Waals surface area contributed by atoms with Gasteiger partial charge < -0.3 is 14.1 Å². The number of nitrogens with zero attached hydrogens (tertiary/aromatic N) is 1. The highest BCUT2D eigenvalue weighted by Gasteiger charge is 2.38. The Morgan fingerprint density at radius 1 is 1.23 bits per heavy atom. The molecule has 1 amide bonds. The standard InChI is InChI=1S/C19H29F2NO3Si/c1-19(2,3)26(5,6)25-8-7-22-12-13(9-17(22)23)18-15(20)10-14(24-4)11-16(18)21/h10-11,13H,7-9,12H2,1-6H3/t13-/m0/s1. The van der Waals surface area contributed by atoms with E-state index in [1.165, 1.54) is 7.11 Å². The Hall–Kier alpha value is -1.47. The molecule has 0 saturated carbocycles. The van der Waals surface area contributed by atoms with Crippen LogP contribution in [0.3, 0.4) is 0 Å². The smallest absolute Gasteiger partial charge is 0.223 e. The fraction of sp³-hybridized carbons (Fsp3) is 0.632. The summed E-state index contributed by atoms with van der Waals surface area (Å²) in [5.41, 5.74) is -0.0352. The SMILES string of the molecule is COc1cc(F)c([C@H]2CC(=O)N(CCO[Si](C)(C)C(C)(C)C)C2)c(F)c1. The third-order valence-corrected chi connectivity index (χ3v) is 10.1. The quantitative estimate of drug-likeness (QED) is 0.685. The van der Waals surface area contributed by atoms with Gasteiger partial charge in [0.25, 0.3) is 0 Å². The van der Waals surface area contributed by atoms with Gasteiger partial charge in [0, 0.05) is 43.1 Å². The summed E-state index contributed by atoms with van der Waals surface area (Å²) < 4.78 is 39.5. The van der Waals surface area contributed by atoms with Crippen LogP contribution in [0.5, 0.6) is 5.75 Å². The Balaban J connectivity index is 2.01. The highest BCUT2D eigenvalue weighted by molar-refractivity contribution is 6.74. The molecule has 7 heteroatoms. The maximum atomic E-state index is 14.3. The lowest BCUT2D eigenvalue weighted by Crippen LogP contribution is -2.43. The monoisotopic (exact) mass is 385 g/mol. The Bertz CT molecular complexity index is 650. The van der Waals surface area contributed by atoms with E-state index in [2.05, 4.69) is 33.9 Å². The van der Waals surface area contributed by atoms with Crippen LogP contribution in [0, 0.1) is 11.6 Å². The third kappa shape index (κ3) is 4.43. The van der Waals surface area contributed by atoms with Crippen LogP contribution in [-0.2, 0) is 9.22 Å². The third-order valence-electron chi connectivity index (χ3n) is 5.54. The molecule has 0 aromatic heterocycles. The average molecular weight is 386 g/mol. The average Bonchev–Trinajstić information content (AvgIpc) is 2.85. The normalized spacial score (nSPS) is 18.5. The molecule has 0 aliphatic carbocycles. The predicted octanol–water partition coefficient (Wildman–Crippen LogP) is 4.31. The zero-order valence-electron chi connectivity index (χ0n) is 16.5. The van der Waals surface area contributed by atoms with Crippen molar-refractivity contribution < 1.29 is 22.7 Å². The maximum Gasteiger partial charge on any atom is 0.223 e. The lowest BCUT2D eigenvalue weighted by atomic mass is 9.97. The van der Waals surface area contributed by atoms with Crippen molar-refractivity contribution in [3.8, 4) is 5.75 Å². The van der Waals surface area contributed by atoms with Crippen LogP contribution in [0.25, 0.3) is 0 Å². The molecule has 1 fully saturated rings. The van der Waals surface area contributed by atoms with Crippen molar-refractivity contribution in [2.45, 2.75) is 51.2 Å². The number of likely N-dealkylation sites (tertiary alicyclic amines) is 1. The van der Waals surface area contributed by atoms with Crippen molar-refractivity contribution in [1.82, 2.24) is 4.90 Å². The van der Waals surface area contributed by atoms with E-state index in [0.717, 1.165) is 12.1 Å². The van der Waals surface area contributed by atoms with Gasteiger partial charge in [0.15, 0.2) is 8.32 Å². The maximum absolute atomic E-state index is 14.3. The lowest BCUT2D eigenvalue weighted by Gasteiger charge is -2.36. The van der Waals surface area contributed by atoms with Gasteiger partial charge in [-0.3, -0.25) is 4.79 Å². The second-order valence-electron chi connectivity index (χ2n) is 8.35. The molecule has 0 unspecified atom stereocenters. The number of halogens is 2. The molecular weight excluding hydrogens is 356 g/mol. The molecule has 146 valence electrons. The Kier molecular flexibility index (Phi) is 6.12. The van der Waals surface area contributed by atoms with Crippen molar-refractivity contribution >= 4 is 14.2 Å². The van der Waals surface area contributed by atoms with Crippen LogP contribution in [0.2, 0.25) is 18.1 Å². The largest absolute Gasteiger partial charge is 0.497 e. The number of rotatable bonds is 6. The minimum Gasteiger partial charge on any atom is -0.497 e. The summed E-state index contributed by atoms with van der Waals surface area (Å²) >= 11 is 0. The van der Waals surface area contributed by atoms with E-state index in [9.17, 15) is 13.6 Å². The van der Waals surface area contributed by atoms with Crippen molar-refractivity contribution in [1.29, 1.82) is 0 Å². The number of carbonyl (C=O) groups excluding carboxylic acids is 1. The van der Waals surface area contributed by atoms with Gasteiger partial charge >= 0.3 is 0 Å². The highest BCUT2D eigenvalue weighted by Crippen LogP contribution is 2.37. The van der Waals surface area contributed by atoms with E-state index in [1.54, 1.807) is 4.90 Å². The summed E-state index contributed by atoms with van der Waals surface area (Å²) in [5.74, 6) is -1.78. The van der Waals surface area contributed by atoms with E-state index in [1.807, 2.05) is 0 Å². The van der Waals surface area contributed by atoms with E-state index in [-0.39, 0.29) is 28.7 Å². The zero-order chi connectivity index (χ0) is 19.7. The molecule has 1 aromatic carbocycles. The minimum atomic E-state index is -1.88. The van der Waals surface area contributed by atoms with Crippen LogP contribution in [0.1, 0.15) is 38.7 Å². The number of methoxy groups -OCH3 is 1. The van der Waals surface area contributed by atoms with Crippen LogP contribution in [-0.4, -0.2) is 45.9 Å². The van der Waals surface area contributed by atoms with Crippen LogP contribution in [0.4, 0.5) is 8.78 Å². The highest BCUT2D eigenvalue weighted by atomic mass is 28.4. The molecule has 1 aliphatic heterocycles. The fourth-order valence-corrected chi connectivity index (χ4v) is 3.91. The number of benzene rings is 1. The van der Waals surface area contributed by atoms with Crippen molar-refractivity contribution in [3.05, 3.63) is 29.3 Å². The summed E-state index contributed by atoms with van der Waals surface area (Å²) in [5, 5.41) is 0.0971. The van der Waals surface area contributed by atoms with Gasteiger partial charge in [-0.25, -0.2) is 8.78 Å². The molecule has 0 N–H and O–H groups in total. The van der Waals surface area contributed by atoms with Crippen LogP contribution < -0.4 is 4.74 Å². The minimum absolute atomic E-state index is 0.0352. The van der Waals surface area contributed by atoms with E-state index < -0.39 is 25.9 Å². The Morgan fingerprint density at radius 2 is 1.81 bits per heavy atom. The molecule has 0 radical (unpaired) electrons. The molecule has 1 atom stereocenters. The van der Waals surface area contributed by atoms with Gasteiger partial charge in [0.05, 0.1) is 13.7 Å². The predicted molar refractivity (Wildman–Crippen MR) is 100.0 cm³/mol. The van der Waals surface area contributed by atoms with Gasteiger partial charge in [-0.15, -0.1) is 0 Å². The second-order valence-corrected chi connectivity index (χ2v) is 13.2. The van der Waals surface area contributed by atoms with Gasteiger partial charge in [-0.05, 0) is 18.1 Å². The summed E-state index contributed by atoms with van der Waals surface area (Å²) in [6, 6.07) is 2.32. The molecule has 0 bridgehead atoms. The van der Waals surface area contributed by atoms with Crippen LogP contribution in [0.15, 0.2) is 12.1 Å². The summed E-state index contributed by atoms with van der Waals surface area (Å²) in [4.78, 5) is 13.9. The molecule has 1 heterocycles. The number of carbonyl (C=O) groups is 1. The molecular formula is C19H29F2NO3Si. The molecule has 1 saturated heterocycles. The molecule has 1 aliphatic rings. The van der Waals surface area contributed by atoms with E-state index in [0.29, 0.717) is 19.7 Å². The first kappa shape index (κ1) is 20.8. The Morgan fingerprint density at radius 3 is 2.31 bits per heavy atom. The molecule has 0 spiro atoms. The van der Waals surface area contributed by atoms with E-state index >= 15 is 0 Å². The van der Waals surface area contributed by atoms with E-state index in [4.69, 9.17) is 9.16 Å². The number of amides is 1. The molecule has 4 nitrogen and oxygen atoms in total. The van der Waals surface area contributed by atoms with Crippen molar-refractivity contribution in [2.75, 3.05) is 26.8 Å². The first-order valence-electron chi connectivity index (χ1n) is 8.91. The lowest BCUT2D eigenvalue weighted by molar-refractivity contribution is -0.128.